The Morgan fingerprint density at radius 1 is 1.08 bits per heavy atom. The van der Waals surface area contributed by atoms with E-state index in [0.717, 1.165) is 0 Å². The van der Waals surface area contributed by atoms with Crippen molar-refractivity contribution in [3.8, 4) is 12.3 Å². The summed E-state index contributed by atoms with van der Waals surface area (Å²) in [6.07, 6.45) is 14.7. The van der Waals surface area contributed by atoms with Crippen molar-refractivity contribution in [2.75, 3.05) is 0 Å². The van der Waals surface area contributed by atoms with Crippen molar-refractivity contribution in [3.05, 3.63) is 0 Å². The SMILES string of the molecule is C#CC(C)CCCCCCCC. The number of rotatable bonds is 7. The molecule has 0 radical (unpaired) electrons. The Balaban J connectivity index is 2.96. The highest BCUT2D eigenvalue weighted by Crippen LogP contribution is 2.10. The molecule has 0 aliphatic heterocycles. The third-order valence-electron chi connectivity index (χ3n) is 2.28. The minimum atomic E-state index is 0.483. The molecular formula is C12H22. The molecule has 0 aromatic rings. The molecule has 0 amide bonds. The summed E-state index contributed by atoms with van der Waals surface area (Å²) >= 11 is 0. The van der Waals surface area contributed by atoms with E-state index in [1.165, 1.54) is 44.9 Å². The lowest BCUT2D eigenvalue weighted by atomic mass is 10.0. The standard InChI is InChI=1S/C12H22/c1-4-6-7-8-9-10-11-12(3)5-2/h2,12H,4,6-11H2,1,3H3. The molecule has 0 aromatic carbocycles. The van der Waals surface area contributed by atoms with Crippen LogP contribution in [0.25, 0.3) is 0 Å². The van der Waals surface area contributed by atoms with Gasteiger partial charge >= 0.3 is 0 Å². The maximum atomic E-state index is 5.28. The minimum Gasteiger partial charge on any atom is -0.120 e. The quantitative estimate of drug-likeness (QED) is 0.396. The van der Waals surface area contributed by atoms with Gasteiger partial charge in [0.2, 0.25) is 0 Å². The van der Waals surface area contributed by atoms with Crippen LogP contribution in [0.3, 0.4) is 0 Å². The van der Waals surface area contributed by atoms with Gasteiger partial charge in [-0.05, 0) is 6.42 Å². The van der Waals surface area contributed by atoms with Crippen LogP contribution in [0, 0.1) is 18.3 Å². The lowest BCUT2D eigenvalue weighted by molar-refractivity contribution is 0.551. The molecule has 12 heavy (non-hydrogen) atoms. The summed E-state index contributed by atoms with van der Waals surface area (Å²) < 4.78 is 0. The van der Waals surface area contributed by atoms with Gasteiger partial charge in [-0.15, -0.1) is 12.3 Å². The van der Waals surface area contributed by atoms with Gasteiger partial charge in [-0.1, -0.05) is 52.4 Å². The molecule has 0 spiro atoms. The van der Waals surface area contributed by atoms with Crippen molar-refractivity contribution in [1.82, 2.24) is 0 Å². The predicted molar refractivity (Wildman–Crippen MR) is 56.0 cm³/mol. The molecule has 0 nitrogen and oxygen atoms in total. The van der Waals surface area contributed by atoms with Gasteiger partial charge in [-0.2, -0.15) is 0 Å². The highest BCUT2D eigenvalue weighted by molar-refractivity contribution is 4.89. The molecule has 0 fully saturated rings. The van der Waals surface area contributed by atoms with E-state index in [4.69, 9.17) is 6.42 Å². The van der Waals surface area contributed by atoms with Crippen LogP contribution < -0.4 is 0 Å². The lowest BCUT2D eigenvalue weighted by Crippen LogP contribution is -1.89. The summed E-state index contributed by atoms with van der Waals surface area (Å²) in [6.45, 7) is 4.38. The highest BCUT2D eigenvalue weighted by atomic mass is 14.0. The van der Waals surface area contributed by atoms with E-state index in [9.17, 15) is 0 Å². The fourth-order valence-electron chi connectivity index (χ4n) is 1.31. The number of terminal acetylenes is 1. The molecule has 0 N–H and O–H groups in total. The van der Waals surface area contributed by atoms with E-state index in [1.54, 1.807) is 0 Å². The topological polar surface area (TPSA) is 0 Å². The molecular weight excluding hydrogens is 144 g/mol. The first-order valence-corrected chi connectivity index (χ1v) is 5.27. The Morgan fingerprint density at radius 3 is 2.25 bits per heavy atom. The van der Waals surface area contributed by atoms with E-state index >= 15 is 0 Å². The van der Waals surface area contributed by atoms with Crippen molar-refractivity contribution in [2.45, 2.75) is 58.8 Å². The summed E-state index contributed by atoms with van der Waals surface area (Å²) in [7, 11) is 0. The molecule has 0 saturated heterocycles. The van der Waals surface area contributed by atoms with Gasteiger partial charge in [0.1, 0.15) is 0 Å². The summed E-state index contributed by atoms with van der Waals surface area (Å²) in [5.74, 6) is 3.25. The maximum Gasteiger partial charge on any atom is 0.0171 e. The van der Waals surface area contributed by atoms with Crippen LogP contribution in [-0.2, 0) is 0 Å². The van der Waals surface area contributed by atoms with Gasteiger partial charge in [-0.25, -0.2) is 0 Å². The second-order valence-electron chi connectivity index (χ2n) is 3.62. The second kappa shape index (κ2) is 8.65. The highest BCUT2D eigenvalue weighted by Gasteiger charge is 1.95. The summed E-state index contributed by atoms with van der Waals surface area (Å²) in [4.78, 5) is 0. The molecule has 0 bridgehead atoms. The third-order valence-corrected chi connectivity index (χ3v) is 2.28. The summed E-state index contributed by atoms with van der Waals surface area (Å²) in [5, 5.41) is 0. The largest absolute Gasteiger partial charge is 0.120 e. The Labute approximate surface area is 77.8 Å². The Bertz CT molecular complexity index is 118. The van der Waals surface area contributed by atoms with E-state index in [0.29, 0.717) is 5.92 Å². The zero-order valence-electron chi connectivity index (χ0n) is 8.60. The molecule has 0 heteroatoms. The summed E-state index contributed by atoms with van der Waals surface area (Å²) in [6, 6.07) is 0. The zero-order chi connectivity index (χ0) is 9.23. The monoisotopic (exact) mass is 166 g/mol. The van der Waals surface area contributed by atoms with Crippen LogP contribution in [0.5, 0.6) is 0 Å². The molecule has 0 aliphatic rings. The van der Waals surface area contributed by atoms with Crippen LogP contribution in [0.1, 0.15) is 58.8 Å². The smallest absolute Gasteiger partial charge is 0.0171 e. The average Bonchev–Trinajstić information content (AvgIpc) is 2.10. The first-order valence-electron chi connectivity index (χ1n) is 5.27. The first-order chi connectivity index (χ1) is 5.81. The first kappa shape index (κ1) is 11.6. The Hall–Kier alpha value is -0.440. The van der Waals surface area contributed by atoms with E-state index < -0.39 is 0 Å². The molecule has 0 heterocycles. The zero-order valence-corrected chi connectivity index (χ0v) is 8.60. The van der Waals surface area contributed by atoms with Crippen LogP contribution >= 0.6 is 0 Å². The number of hydrogen-bond donors (Lipinski definition) is 0. The van der Waals surface area contributed by atoms with Gasteiger partial charge < -0.3 is 0 Å². The molecule has 0 aromatic heterocycles. The Kier molecular flexibility index (Phi) is 8.34. The van der Waals surface area contributed by atoms with Crippen LogP contribution in [-0.4, -0.2) is 0 Å². The number of unbranched alkanes of at least 4 members (excludes halogenated alkanes) is 5. The van der Waals surface area contributed by atoms with Gasteiger partial charge in [0.05, 0.1) is 0 Å². The second-order valence-corrected chi connectivity index (χ2v) is 3.62. The van der Waals surface area contributed by atoms with Crippen molar-refractivity contribution in [3.63, 3.8) is 0 Å². The molecule has 1 unspecified atom stereocenters. The van der Waals surface area contributed by atoms with E-state index in [-0.39, 0.29) is 0 Å². The predicted octanol–water partition coefficient (Wildman–Crippen LogP) is 4.01. The summed E-state index contributed by atoms with van der Waals surface area (Å²) in [5.41, 5.74) is 0. The maximum absolute atomic E-state index is 5.28. The number of hydrogen-bond acceptors (Lipinski definition) is 0. The van der Waals surface area contributed by atoms with Crippen molar-refractivity contribution >= 4 is 0 Å². The molecule has 70 valence electrons. The minimum absolute atomic E-state index is 0.483. The fraction of sp³-hybridized carbons (Fsp3) is 0.833. The average molecular weight is 166 g/mol. The molecule has 0 saturated carbocycles. The Morgan fingerprint density at radius 2 is 1.67 bits per heavy atom. The van der Waals surface area contributed by atoms with E-state index in [2.05, 4.69) is 19.8 Å². The van der Waals surface area contributed by atoms with Gasteiger partial charge in [-0.3, -0.25) is 0 Å². The van der Waals surface area contributed by atoms with Gasteiger partial charge in [0.15, 0.2) is 0 Å². The third kappa shape index (κ3) is 7.66. The molecule has 1 atom stereocenters. The van der Waals surface area contributed by atoms with Gasteiger partial charge in [0, 0.05) is 5.92 Å². The van der Waals surface area contributed by atoms with Crippen LogP contribution in [0.4, 0.5) is 0 Å². The van der Waals surface area contributed by atoms with Crippen molar-refractivity contribution in [1.29, 1.82) is 0 Å². The molecule has 0 aliphatic carbocycles. The van der Waals surface area contributed by atoms with Gasteiger partial charge in [0.25, 0.3) is 0 Å². The molecule has 0 rings (SSSR count). The van der Waals surface area contributed by atoms with Crippen molar-refractivity contribution in [2.24, 2.45) is 5.92 Å². The van der Waals surface area contributed by atoms with Crippen molar-refractivity contribution < 1.29 is 0 Å². The van der Waals surface area contributed by atoms with Crippen LogP contribution in [0.2, 0.25) is 0 Å². The van der Waals surface area contributed by atoms with E-state index in [1.807, 2.05) is 0 Å². The normalized spacial score (nSPS) is 12.4. The fourth-order valence-corrected chi connectivity index (χ4v) is 1.31. The lowest BCUT2D eigenvalue weighted by Gasteiger charge is -2.02. The van der Waals surface area contributed by atoms with Crippen LogP contribution in [0.15, 0.2) is 0 Å².